The summed E-state index contributed by atoms with van der Waals surface area (Å²) in [5.74, 6) is 0.928. The van der Waals surface area contributed by atoms with Crippen molar-refractivity contribution >= 4 is 22.6 Å². The van der Waals surface area contributed by atoms with Crippen molar-refractivity contribution in [3.8, 4) is 0 Å². The summed E-state index contributed by atoms with van der Waals surface area (Å²) in [4.78, 5) is 4.69. The molecule has 0 amide bonds. The molecule has 0 aliphatic rings. The van der Waals surface area contributed by atoms with E-state index in [4.69, 9.17) is 22.3 Å². The first kappa shape index (κ1) is 13.4. The predicted octanol–water partition coefficient (Wildman–Crippen LogP) is 3.85. The first-order valence-corrected chi connectivity index (χ1v) is 6.71. The topological polar surface area (TPSA) is 43.8 Å². The van der Waals surface area contributed by atoms with Gasteiger partial charge < -0.3 is 10.3 Å². The Morgan fingerprint density at radius 1 is 1.44 bits per heavy atom. The molecular weight excluding hydrogens is 246 g/mol. The van der Waals surface area contributed by atoms with Crippen molar-refractivity contribution in [1.29, 1.82) is 0 Å². The first-order valence-electron chi connectivity index (χ1n) is 6.33. The zero-order valence-corrected chi connectivity index (χ0v) is 12.1. The minimum Gasteiger partial charge on any atom is -0.324 e. The SMILES string of the molecule is CCC(C)(N)c1nc2cc(Cl)ccc2n1C(C)C. The van der Waals surface area contributed by atoms with Gasteiger partial charge in [0.1, 0.15) is 5.82 Å². The number of imidazole rings is 1. The molecule has 98 valence electrons. The number of rotatable bonds is 3. The van der Waals surface area contributed by atoms with Crippen molar-refractivity contribution in [2.75, 3.05) is 0 Å². The van der Waals surface area contributed by atoms with Gasteiger partial charge in [0.2, 0.25) is 0 Å². The summed E-state index contributed by atoms with van der Waals surface area (Å²) in [5.41, 5.74) is 7.95. The largest absolute Gasteiger partial charge is 0.324 e. The minimum absolute atomic E-state index is 0.320. The number of halogens is 1. The van der Waals surface area contributed by atoms with Crippen LogP contribution in [-0.2, 0) is 5.54 Å². The lowest BCUT2D eigenvalue weighted by Gasteiger charge is -2.25. The number of nitrogens with zero attached hydrogens (tertiary/aromatic N) is 2. The number of benzene rings is 1. The van der Waals surface area contributed by atoms with Crippen molar-refractivity contribution in [2.24, 2.45) is 5.73 Å². The summed E-state index contributed by atoms with van der Waals surface area (Å²) in [6, 6.07) is 6.12. The zero-order valence-electron chi connectivity index (χ0n) is 11.4. The van der Waals surface area contributed by atoms with Gasteiger partial charge in [-0.25, -0.2) is 4.98 Å². The molecule has 1 heterocycles. The number of hydrogen-bond acceptors (Lipinski definition) is 2. The van der Waals surface area contributed by atoms with Gasteiger partial charge in [-0.3, -0.25) is 0 Å². The highest BCUT2D eigenvalue weighted by molar-refractivity contribution is 6.31. The molecule has 0 fully saturated rings. The Balaban J connectivity index is 2.77. The van der Waals surface area contributed by atoms with Gasteiger partial charge in [0.15, 0.2) is 0 Å². The van der Waals surface area contributed by atoms with Gasteiger partial charge in [0.25, 0.3) is 0 Å². The minimum atomic E-state index is -0.421. The highest BCUT2D eigenvalue weighted by atomic mass is 35.5. The average Bonchev–Trinajstić information content (AvgIpc) is 2.68. The van der Waals surface area contributed by atoms with Crippen LogP contribution in [0.15, 0.2) is 18.2 Å². The molecule has 18 heavy (non-hydrogen) atoms. The average molecular weight is 266 g/mol. The number of nitrogens with two attached hydrogens (primary N) is 1. The van der Waals surface area contributed by atoms with Gasteiger partial charge >= 0.3 is 0 Å². The lowest BCUT2D eigenvalue weighted by Crippen LogP contribution is -2.35. The molecule has 0 saturated heterocycles. The Labute approximate surface area is 113 Å². The smallest absolute Gasteiger partial charge is 0.129 e. The molecule has 0 bridgehead atoms. The van der Waals surface area contributed by atoms with Crippen LogP contribution in [0.2, 0.25) is 5.02 Å². The van der Waals surface area contributed by atoms with Crippen LogP contribution in [0.3, 0.4) is 0 Å². The van der Waals surface area contributed by atoms with Crippen LogP contribution in [0.1, 0.15) is 46.0 Å². The maximum Gasteiger partial charge on any atom is 0.129 e. The fraction of sp³-hybridized carbons (Fsp3) is 0.500. The molecule has 1 aromatic heterocycles. The van der Waals surface area contributed by atoms with Gasteiger partial charge in [-0.15, -0.1) is 0 Å². The van der Waals surface area contributed by atoms with E-state index in [1.165, 1.54) is 0 Å². The second kappa shape index (κ2) is 4.56. The van der Waals surface area contributed by atoms with E-state index < -0.39 is 5.54 Å². The molecule has 2 aromatic rings. The third-order valence-electron chi connectivity index (χ3n) is 3.41. The second-order valence-electron chi connectivity index (χ2n) is 5.30. The Morgan fingerprint density at radius 2 is 2.11 bits per heavy atom. The molecule has 0 spiro atoms. The van der Waals surface area contributed by atoms with Gasteiger partial charge in [-0.1, -0.05) is 18.5 Å². The van der Waals surface area contributed by atoms with Crippen molar-refractivity contribution in [1.82, 2.24) is 9.55 Å². The predicted molar refractivity (Wildman–Crippen MR) is 77.0 cm³/mol. The van der Waals surface area contributed by atoms with Crippen LogP contribution in [0.4, 0.5) is 0 Å². The first-order chi connectivity index (χ1) is 8.36. The summed E-state index contributed by atoms with van der Waals surface area (Å²) in [5, 5.41) is 0.706. The molecule has 0 aliphatic carbocycles. The third-order valence-corrected chi connectivity index (χ3v) is 3.65. The molecule has 3 nitrogen and oxygen atoms in total. The van der Waals surface area contributed by atoms with Gasteiger partial charge in [0, 0.05) is 11.1 Å². The zero-order chi connectivity index (χ0) is 13.5. The van der Waals surface area contributed by atoms with E-state index in [1.807, 2.05) is 25.1 Å². The fourth-order valence-electron chi connectivity index (χ4n) is 2.16. The van der Waals surface area contributed by atoms with E-state index in [1.54, 1.807) is 0 Å². The van der Waals surface area contributed by atoms with Crippen LogP contribution >= 0.6 is 11.6 Å². The van der Waals surface area contributed by atoms with Crippen LogP contribution in [-0.4, -0.2) is 9.55 Å². The Kier molecular flexibility index (Phi) is 3.39. The quantitative estimate of drug-likeness (QED) is 0.916. The summed E-state index contributed by atoms with van der Waals surface area (Å²) in [7, 11) is 0. The molecule has 0 aliphatic heterocycles. The van der Waals surface area contributed by atoms with Gasteiger partial charge in [-0.05, 0) is 45.4 Å². The number of hydrogen-bond donors (Lipinski definition) is 1. The van der Waals surface area contributed by atoms with Gasteiger partial charge in [0.05, 0.1) is 16.6 Å². The van der Waals surface area contributed by atoms with Crippen molar-refractivity contribution in [3.05, 3.63) is 29.0 Å². The monoisotopic (exact) mass is 265 g/mol. The Bertz CT molecular complexity index is 570. The van der Waals surface area contributed by atoms with Crippen LogP contribution in [0.5, 0.6) is 0 Å². The van der Waals surface area contributed by atoms with Crippen LogP contribution in [0.25, 0.3) is 11.0 Å². The Hall–Kier alpha value is -1.06. The molecule has 1 atom stereocenters. The molecule has 1 aromatic carbocycles. The maximum absolute atomic E-state index is 6.36. The van der Waals surface area contributed by atoms with E-state index in [2.05, 4.69) is 25.3 Å². The van der Waals surface area contributed by atoms with Crippen molar-refractivity contribution in [3.63, 3.8) is 0 Å². The van der Waals surface area contributed by atoms with Crippen molar-refractivity contribution in [2.45, 2.75) is 45.7 Å². The normalized spacial score (nSPS) is 15.3. The molecular formula is C14H20ClN3. The molecule has 0 saturated carbocycles. The molecule has 4 heteroatoms. The molecule has 2 rings (SSSR count). The number of aromatic nitrogens is 2. The van der Waals surface area contributed by atoms with Crippen LogP contribution in [0, 0.1) is 0 Å². The second-order valence-corrected chi connectivity index (χ2v) is 5.74. The lowest BCUT2D eigenvalue weighted by molar-refractivity contribution is 0.409. The molecule has 2 N–H and O–H groups in total. The molecule has 1 unspecified atom stereocenters. The van der Waals surface area contributed by atoms with E-state index in [0.717, 1.165) is 23.3 Å². The molecule has 0 radical (unpaired) electrons. The van der Waals surface area contributed by atoms with E-state index in [0.29, 0.717) is 11.1 Å². The Morgan fingerprint density at radius 3 is 2.67 bits per heavy atom. The summed E-state index contributed by atoms with van der Waals surface area (Å²) in [6.07, 6.45) is 0.844. The summed E-state index contributed by atoms with van der Waals surface area (Å²) >= 11 is 6.03. The van der Waals surface area contributed by atoms with E-state index in [9.17, 15) is 0 Å². The highest BCUT2D eigenvalue weighted by Crippen LogP contribution is 2.30. The summed E-state index contributed by atoms with van der Waals surface area (Å²) in [6.45, 7) is 8.39. The van der Waals surface area contributed by atoms with Gasteiger partial charge in [-0.2, -0.15) is 0 Å². The van der Waals surface area contributed by atoms with Crippen LogP contribution < -0.4 is 5.73 Å². The standard InChI is InChI=1S/C14H20ClN3/c1-5-14(4,16)13-17-11-8-10(15)6-7-12(11)18(13)9(2)3/h6-9H,5,16H2,1-4H3. The van der Waals surface area contributed by atoms with Crippen molar-refractivity contribution < 1.29 is 0 Å². The van der Waals surface area contributed by atoms with E-state index >= 15 is 0 Å². The number of fused-ring (bicyclic) bond motifs is 1. The lowest BCUT2D eigenvalue weighted by atomic mass is 9.99. The summed E-state index contributed by atoms with van der Waals surface area (Å²) < 4.78 is 2.20. The van der Waals surface area contributed by atoms with E-state index in [-0.39, 0.29) is 0 Å². The third kappa shape index (κ3) is 2.13. The highest BCUT2D eigenvalue weighted by Gasteiger charge is 2.27. The fourth-order valence-corrected chi connectivity index (χ4v) is 2.32. The maximum atomic E-state index is 6.36.